The number of carbonyl (C=O) groups excluding carboxylic acids is 1. The average Bonchev–Trinajstić information content (AvgIpc) is 2.82. The van der Waals surface area contributed by atoms with Crippen LogP contribution in [0, 0.1) is 6.92 Å². The molecular weight excluding hydrogens is 256 g/mol. The second-order valence-electron chi connectivity index (χ2n) is 4.39. The zero-order valence-electron chi connectivity index (χ0n) is 11.3. The van der Waals surface area contributed by atoms with Crippen LogP contribution in [0.4, 0.5) is 0 Å². The number of nitrogens with one attached hydrogen (secondary N) is 1. The zero-order valence-corrected chi connectivity index (χ0v) is 12.1. The maximum absolute atomic E-state index is 12.2. The summed E-state index contributed by atoms with van der Waals surface area (Å²) < 4.78 is 0. The summed E-state index contributed by atoms with van der Waals surface area (Å²) in [7, 11) is 0. The van der Waals surface area contributed by atoms with Crippen LogP contribution in [-0.4, -0.2) is 17.4 Å². The third-order valence-corrected chi connectivity index (χ3v) is 3.82. The summed E-state index contributed by atoms with van der Waals surface area (Å²) in [6, 6.07) is 9.94. The Morgan fingerprint density at radius 1 is 1.32 bits per heavy atom. The zero-order chi connectivity index (χ0) is 13.7. The minimum Gasteiger partial charge on any atom is -0.351 e. The van der Waals surface area contributed by atoms with E-state index in [1.54, 1.807) is 11.3 Å². The van der Waals surface area contributed by atoms with Gasteiger partial charge in [-0.05, 0) is 18.9 Å². The molecule has 0 atom stereocenters. The molecule has 1 aromatic carbocycles. The number of thiazole rings is 1. The Labute approximate surface area is 117 Å². The van der Waals surface area contributed by atoms with Crippen molar-refractivity contribution in [3.63, 3.8) is 0 Å². The van der Waals surface area contributed by atoms with Crippen molar-refractivity contribution in [1.29, 1.82) is 0 Å². The summed E-state index contributed by atoms with van der Waals surface area (Å²) in [4.78, 5) is 17.5. The van der Waals surface area contributed by atoms with E-state index in [0.29, 0.717) is 12.2 Å². The number of carbonyl (C=O) groups is 1. The summed E-state index contributed by atoms with van der Waals surface area (Å²) in [6.07, 6.45) is 2.07. The van der Waals surface area contributed by atoms with E-state index < -0.39 is 0 Å². The molecule has 4 heteroatoms. The summed E-state index contributed by atoms with van der Waals surface area (Å²) >= 11 is 1.56. The highest BCUT2D eigenvalue weighted by Gasteiger charge is 2.17. The molecule has 2 rings (SSSR count). The van der Waals surface area contributed by atoms with Crippen LogP contribution in [-0.2, 0) is 0 Å². The van der Waals surface area contributed by atoms with Gasteiger partial charge in [-0.2, -0.15) is 0 Å². The molecule has 0 aliphatic heterocycles. The Balaban J connectivity index is 2.24. The fourth-order valence-corrected chi connectivity index (χ4v) is 2.75. The molecule has 0 aliphatic rings. The van der Waals surface area contributed by atoms with Crippen LogP contribution >= 0.6 is 11.3 Å². The quantitative estimate of drug-likeness (QED) is 0.846. The molecule has 2 aromatic rings. The number of hydrogen-bond donors (Lipinski definition) is 1. The van der Waals surface area contributed by atoms with Crippen LogP contribution in [0.15, 0.2) is 30.3 Å². The highest BCUT2D eigenvalue weighted by Crippen LogP contribution is 2.29. The molecule has 1 amide bonds. The number of unbranched alkanes of at least 4 members (excludes halogenated alkanes) is 1. The number of hydrogen-bond acceptors (Lipinski definition) is 3. The first-order valence-electron chi connectivity index (χ1n) is 6.53. The lowest BCUT2D eigenvalue weighted by molar-refractivity contribution is 0.0949. The van der Waals surface area contributed by atoms with E-state index in [-0.39, 0.29) is 5.91 Å². The molecule has 3 nitrogen and oxygen atoms in total. The third kappa shape index (κ3) is 3.41. The monoisotopic (exact) mass is 274 g/mol. The van der Waals surface area contributed by atoms with Crippen LogP contribution in [0.1, 0.15) is 35.3 Å². The van der Waals surface area contributed by atoms with Crippen molar-refractivity contribution < 1.29 is 4.79 Å². The predicted molar refractivity (Wildman–Crippen MR) is 79.5 cm³/mol. The molecule has 0 radical (unpaired) electrons. The van der Waals surface area contributed by atoms with Gasteiger partial charge in [-0.3, -0.25) is 4.79 Å². The molecule has 0 saturated carbocycles. The van der Waals surface area contributed by atoms with E-state index >= 15 is 0 Å². The van der Waals surface area contributed by atoms with Gasteiger partial charge >= 0.3 is 0 Å². The van der Waals surface area contributed by atoms with E-state index in [9.17, 15) is 4.79 Å². The largest absolute Gasteiger partial charge is 0.351 e. The SMILES string of the molecule is CCCCNC(=O)c1nc(C)sc1-c1ccccc1. The fraction of sp³-hybridized carbons (Fsp3) is 0.333. The van der Waals surface area contributed by atoms with Crippen LogP contribution in [0.5, 0.6) is 0 Å². The van der Waals surface area contributed by atoms with Crippen molar-refractivity contribution in [3.05, 3.63) is 41.0 Å². The summed E-state index contributed by atoms with van der Waals surface area (Å²) in [5, 5.41) is 3.84. The number of benzene rings is 1. The van der Waals surface area contributed by atoms with E-state index in [1.807, 2.05) is 37.3 Å². The van der Waals surface area contributed by atoms with Crippen LogP contribution in [0.25, 0.3) is 10.4 Å². The number of nitrogens with zero attached hydrogens (tertiary/aromatic N) is 1. The standard InChI is InChI=1S/C15H18N2OS/c1-3-4-10-16-15(18)13-14(19-11(2)17-13)12-8-6-5-7-9-12/h5-9H,3-4,10H2,1-2H3,(H,16,18). The normalized spacial score (nSPS) is 10.4. The van der Waals surface area contributed by atoms with Gasteiger partial charge in [0, 0.05) is 6.54 Å². The van der Waals surface area contributed by atoms with E-state index in [4.69, 9.17) is 0 Å². The van der Waals surface area contributed by atoms with Crippen molar-refractivity contribution in [2.24, 2.45) is 0 Å². The molecule has 0 bridgehead atoms. The minimum absolute atomic E-state index is 0.0725. The van der Waals surface area contributed by atoms with Crippen molar-refractivity contribution >= 4 is 17.2 Å². The highest BCUT2D eigenvalue weighted by molar-refractivity contribution is 7.15. The number of aryl methyl sites for hydroxylation is 1. The molecule has 1 N–H and O–H groups in total. The van der Waals surface area contributed by atoms with Gasteiger partial charge in [-0.1, -0.05) is 43.7 Å². The summed E-state index contributed by atoms with van der Waals surface area (Å²) in [5.41, 5.74) is 1.60. The molecule has 1 aromatic heterocycles. The summed E-state index contributed by atoms with van der Waals surface area (Å²) in [6.45, 7) is 4.74. The topological polar surface area (TPSA) is 42.0 Å². The molecular formula is C15H18N2OS. The molecule has 0 unspecified atom stereocenters. The van der Waals surface area contributed by atoms with Crippen LogP contribution < -0.4 is 5.32 Å². The maximum atomic E-state index is 12.2. The Morgan fingerprint density at radius 3 is 2.74 bits per heavy atom. The van der Waals surface area contributed by atoms with Crippen molar-refractivity contribution in [1.82, 2.24) is 10.3 Å². The van der Waals surface area contributed by atoms with Gasteiger partial charge in [0.15, 0.2) is 0 Å². The van der Waals surface area contributed by atoms with E-state index in [1.165, 1.54) is 0 Å². The molecule has 19 heavy (non-hydrogen) atoms. The Morgan fingerprint density at radius 2 is 2.05 bits per heavy atom. The lowest BCUT2D eigenvalue weighted by Gasteiger charge is -2.04. The number of aromatic nitrogens is 1. The van der Waals surface area contributed by atoms with Gasteiger partial charge in [0.05, 0.1) is 9.88 Å². The second kappa shape index (κ2) is 6.48. The lowest BCUT2D eigenvalue weighted by Crippen LogP contribution is -2.25. The highest BCUT2D eigenvalue weighted by atomic mass is 32.1. The Bertz CT molecular complexity index is 549. The van der Waals surface area contributed by atoms with Gasteiger partial charge in [-0.15, -0.1) is 11.3 Å². The van der Waals surface area contributed by atoms with E-state index in [2.05, 4.69) is 17.2 Å². The Hall–Kier alpha value is -1.68. The van der Waals surface area contributed by atoms with Crippen LogP contribution in [0.3, 0.4) is 0 Å². The second-order valence-corrected chi connectivity index (χ2v) is 5.59. The predicted octanol–water partition coefficient (Wildman–Crippen LogP) is 3.65. The molecule has 100 valence electrons. The van der Waals surface area contributed by atoms with Crippen molar-refractivity contribution in [2.45, 2.75) is 26.7 Å². The number of rotatable bonds is 5. The minimum atomic E-state index is -0.0725. The average molecular weight is 274 g/mol. The maximum Gasteiger partial charge on any atom is 0.271 e. The number of amides is 1. The van der Waals surface area contributed by atoms with Gasteiger partial charge in [0.1, 0.15) is 5.69 Å². The smallest absolute Gasteiger partial charge is 0.271 e. The lowest BCUT2D eigenvalue weighted by atomic mass is 10.1. The Kier molecular flexibility index (Phi) is 4.68. The molecule has 0 aliphatic carbocycles. The third-order valence-electron chi connectivity index (χ3n) is 2.80. The summed E-state index contributed by atoms with van der Waals surface area (Å²) in [5.74, 6) is -0.0725. The first-order chi connectivity index (χ1) is 9.22. The molecule has 1 heterocycles. The van der Waals surface area contributed by atoms with Gasteiger partial charge in [0.2, 0.25) is 0 Å². The van der Waals surface area contributed by atoms with Gasteiger partial charge in [0.25, 0.3) is 5.91 Å². The first-order valence-corrected chi connectivity index (χ1v) is 7.35. The molecule has 0 fully saturated rings. The van der Waals surface area contributed by atoms with E-state index in [0.717, 1.165) is 28.3 Å². The fourth-order valence-electron chi connectivity index (χ4n) is 1.83. The van der Waals surface area contributed by atoms with Gasteiger partial charge < -0.3 is 5.32 Å². The molecule has 0 saturated heterocycles. The van der Waals surface area contributed by atoms with Crippen molar-refractivity contribution in [3.8, 4) is 10.4 Å². The van der Waals surface area contributed by atoms with Gasteiger partial charge in [-0.25, -0.2) is 4.98 Å². The molecule has 0 spiro atoms. The first kappa shape index (κ1) is 13.7. The van der Waals surface area contributed by atoms with Crippen molar-refractivity contribution in [2.75, 3.05) is 6.54 Å². The van der Waals surface area contributed by atoms with Crippen LogP contribution in [0.2, 0.25) is 0 Å².